The molecule has 31 heavy (non-hydrogen) atoms. The van der Waals surface area contributed by atoms with E-state index in [1.165, 1.54) is 36.0 Å². The Labute approximate surface area is 191 Å². The highest BCUT2D eigenvalue weighted by molar-refractivity contribution is 8.00. The van der Waals surface area contributed by atoms with Crippen molar-refractivity contribution >= 4 is 63.8 Å². The number of nitro groups is 1. The van der Waals surface area contributed by atoms with Crippen molar-refractivity contribution in [3.63, 3.8) is 0 Å². The molecule has 0 radical (unpaired) electrons. The number of halogens is 2. The van der Waals surface area contributed by atoms with Gasteiger partial charge in [0.25, 0.3) is 11.6 Å². The van der Waals surface area contributed by atoms with Crippen molar-refractivity contribution in [3.05, 3.63) is 92.5 Å². The number of nitrogens with one attached hydrogen (secondary N) is 2. The first kappa shape index (κ1) is 22.6. The molecule has 0 bridgehead atoms. The Bertz CT molecular complexity index is 1120. The lowest BCUT2D eigenvalue weighted by molar-refractivity contribution is -0.384. The van der Waals surface area contributed by atoms with E-state index in [4.69, 9.17) is 23.2 Å². The molecule has 0 atom stereocenters. The maximum Gasteiger partial charge on any atom is 0.270 e. The third-order valence-corrected chi connectivity index (χ3v) is 5.40. The normalized spacial score (nSPS) is 10.4. The molecule has 0 aliphatic rings. The fourth-order valence-corrected chi connectivity index (χ4v) is 3.79. The predicted octanol–water partition coefficient (Wildman–Crippen LogP) is 5.88. The summed E-state index contributed by atoms with van der Waals surface area (Å²) in [4.78, 5) is 35.5. The summed E-state index contributed by atoms with van der Waals surface area (Å²) in [6.45, 7) is 0. The highest BCUT2D eigenvalue weighted by Crippen LogP contribution is 2.24. The molecular formula is C21H15Cl2N3O4S. The Kier molecular flexibility index (Phi) is 7.51. The van der Waals surface area contributed by atoms with Crippen molar-refractivity contribution < 1.29 is 14.5 Å². The topological polar surface area (TPSA) is 101 Å². The minimum absolute atomic E-state index is 0.155. The molecule has 0 heterocycles. The zero-order chi connectivity index (χ0) is 22.4. The Morgan fingerprint density at radius 2 is 1.58 bits per heavy atom. The van der Waals surface area contributed by atoms with E-state index in [1.807, 2.05) is 0 Å². The second-order valence-electron chi connectivity index (χ2n) is 6.28. The average molecular weight is 476 g/mol. The largest absolute Gasteiger partial charge is 0.325 e. The van der Waals surface area contributed by atoms with Gasteiger partial charge in [-0.05, 0) is 48.5 Å². The number of amides is 2. The zero-order valence-corrected chi connectivity index (χ0v) is 18.1. The number of benzene rings is 3. The quantitative estimate of drug-likeness (QED) is 0.252. The molecule has 0 aliphatic carbocycles. The minimum atomic E-state index is -0.556. The summed E-state index contributed by atoms with van der Waals surface area (Å²) in [5.41, 5.74) is 1.07. The lowest BCUT2D eigenvalue weighted by atomic mass is 10.2. The molecule has 0 spiro atoms. The number of anilines is 2. The highest BCUT2D eigenvalue weighted by atomic mass is 35.5. The number of thioether (sulfide) groups is 1. The van der Waals surface area contributed by atoms with E-state index in [1.54, 1.807) is 42.5 Å². The van der Waals surface area contributed by atoms with Gasteiger partial charge in [0.1, 0.15) is 0 Å². The Balaban J connectivity index is 1.54. The van der Waals surface area contributed by atoms with Crippen LogP contribution in [-0.4, -0.2) is 22.5 Å². The summed E-state index contributed by atoms with van der Waals surface area (Å²) in [6, 6.07) is 17.2. The van der Waals surface area contributed by atoms with Gasteiger partial charge in [0.15, 0.2) is 0 Å². The van der Waals surface area contributed by atoms with Crippen LogP contribution in [-0.2, 0) is 4.79 Å². The fraction of sp³-hybridized carbons (Fsp3) is 0.0476. The molecule has 0 saturated carbocycles. The van der Waals surface area contributed by atoms with Gasteiger partial charge in [0.2, 0.25) is 5.91 Å². The monoisotopic (exact) mass is 475 g/mol. The van der Waals surface area contributed by atoms with Crippen molar-refractivity contribution in [1.82, 2.24) is 0 Å². The van der Waals surface area contributed by atoms with Crippen molar-refractivity contribution in [2.45, 2.75) is 4.90 Å². The average Bonchev–Trinajstić information content (AvgIpc) is 2.72. The van der Waals surface area contributed by atoms with E-state index in [-0.39, 0.29) is 22.9 Å². The third kappa shape index (κ3) is 6.71. The molecule has 7 nitrogen and oxygen atoms in total. The Morgan fingerprint density at radius 1 is 0.903 bits per heavy atom. The van der Waals surface area contributed by atoms with Gasteiger partial charge in [-0.15, -0.1) is 11.8 Å². The Hall–Kier alpha value is -3.07. The number of non-ortho nitro benzene ring substituents is 1. The van der Waals surface area contributed by atoms with E-state index >= 15 is 0 Å². The third-order valence-electron chi connectivity index (χ3n) is 3.95. The summed E-state index contributed by atoms with van der Waals surface area (Å²) in [7, 11) is 0. The van der Waals surface area contributed by atoms with Crippen LogP contribution in [0.2, 0.25) is 10.0 Å². The standard InChI is InChI=1S/C21H15Cl2N3O4S/c22-14-9-15(23)11-17(10-14)24-20(27)12-31-19-6-4-16(5-7-19)25-21(28)13-2-1-3-18(8-13)26(29)30/h1-11H,12H2,(H,24,27)(H,25,28). The van der Waals surface area contributed by atoms with Gasteiger partial charge < -0.3 is 10.6 Å². The number of nitrogens with zero attached hydrogens (tertiary/aromatic N) is 1. The molecule has 3 rings (SSSR count). The molecule has 0 unspecified atom stereocenters. The van der Waals surface area contributed by atoms with Gasteiger partial charge >= 0.3 is 0 Å². The van der Waals surface area contributed by atoms with Crippen LogP contribution in [0.1, 0.15) is 10.4 Å². The van der Waals surface area contributed by atoms with E-state index in [9.17, 15) is 19.7 Å². The van der Waals surface area contributed by atoms with Gasteiger partial charge in [-0.2, -0.15) is 0 Å². The fourth-order valence-electron chi connectivity index (χ4n) is 2.57. The summed E-state index contributed by atoms with van der Waals surface area (Å²) < 4.78 is 0. The van der Waals surface area contributed by atoms with Gasteiger partial charge in [-0.1, -0.05) is 29.3 Å². The van der Waals surface area contributed by atoms with E-state index in [2.05, 4.69) is 10.6 Å². The first-order valence-electron chi connectivity index (χ1n) is 8.85. The Morgan fingerprint density at radius 3 is 2.23 bits per heavy atom. The van der Waals surface area contributed by atoms with Crippen LogP contribution < -0.4 is 10.6 Å². The molecule has 2 N–H and O–H groups in total. The smallest absolute Gasteiger partial charge is 0.270 e. The summed E-state index contributed by atoms with van der Waals surface area (Å²) in [6.07, 6.45) is 0. The maximum atomic E-state index is 12.3. The number of hydrogen-bond acceptors (Lipinski definition) is 5. The molecule has 158 valence electrons. The molecule has 0 fully saturated rings. The molecule has 3 aromatic rings. The molecule has 10 heteroatoms. The molecular weight excluding hydrogens is 461 g/mol. The van der Waals surface area contributed by atoms with Crippen LogP contribution in [0.3, 0.4) is 0 Å². The van der Waals surface area contributed by atoms with Gasteiger partial charge in [-0.25, -0.2) is 0 Å². The van der Waals surface area contributed by atoms with E-state index in [0.29, 0.717) is 21.4 Å². The van der Waals surface area contributed by atoms with Crippen molar-refractivity contribution in [2.75, 3.05) is 16.4 Å². The predicted molar refractivity (Wildman–Crippen MR) is 123 cm³/mol. The lowest BCUT2D eigenvalue weighted by Gasteiger charge is -2.08. The van der Waals surface area contributed by atoms with Crippen LogP contribution in [0.5, 0.6) is 0 Å². The maximum absolute atomic E-state index is 12.3. The number of rotatable bonds is 7. The molecule has 0 aromatic heterocycles. The van der Waals surface area contributed by atoms with Crippen LogP contribution in [0.25, 0.3) is 0 Å². The molecule has 0 saturated heterocycles. The first-order valence-corrected chi connectivity index (χ1v) is 10.6. The van der Waals surface area contributed by atoms with Crippen molar-refractivity contribution in [3.8, 4) is 0 Å². The van der Waals surface area contributed by atoms with Crippen molar-refractivity contribution in [1.29, 1.82) is 0 Å². The number of hydrogen-bond donors (Lipinski definition) is 2. The molecule has 2 amide bonds. The van der Waals surface area contributed by atoms with Crippen molar-refractivity contribution in [2.24, 2.45) is 0 Å². The second-order valence-corrected chi connectivity index (χ2v) is 8.20. The number of nitro benzene ring substituents is 1. The van der Waals surface area contributed by atoms with Crippen LogP contribution in [0.4, 0.5) is 17.1 Å². The first-order chi connectivity index (χ1) is 14.8. The molecule has 3 aromatic carbocycles. The molecule has 0 aliphatic heterocycles. The number of carbonyl (C=O) groups excluding carboxylic acids is 2. The highest BCUT2D eigenvalue weighted by Gasteiger charge is 2.12. The van der Waals surface area contributed by atoms with Crippen LogP contribution in [0.15, 0.2) is 71.6 Å². The second kappa shape index (κ2) is 10.3. The van der Waals surface area contributed by atoms with Crippen LogP contribution in [0, 0.1) is 10.1 Å². The summed E-state index contributed by atoms with van der Waals surface area (Å²) in [5, 5.41) is 17.1. The number of carbonyl (C=O) groups is 2. The zero-order valence-electron chi connectivity index (χ0n) is 15.8. The summed E-state index contributed by atoms with van der Waals surface area (Å²) in [5.74, 6) is -0.501. The minimum Gasteiger partial charge on any atom is -0.325 e. The van der Waals surface area contributed by atoms with Gasteiger partial charge in [0, 0.05) is 44.0 Å². The van der Waals surface area contributed by atoms with Crippen LogP contribution >= 0.6 is 35.0 Å². The van der Waals surface area contributed by atoms with E-state index in [0.717, 1.165) is 4.90 Å². The van der Waals surface area contributed by atoms with E-state index < -0.39 is 10.8 Å². The lowest BCUT2D eigenvalue weighted by Crippen LogP contribution is -2.14. The SMILES string of the molecule is O=C(CSc1ccc(NC(=O)c2cccc([N+](=O)[O-])c2)cc1)Nc1cc(Cl)cc(Cl)c1. The van der Waals surface area contributed by atoms with Gasteiger partial charge in [-0.3, -0.25) is 19.7 Å². The summed E-state index contributed by atoms with van der Waals surface area (Å²) >= 11 is 13.2. The van der Waals surface area contributed by atoms with Gasteiger partial charge in [0.05, 0.1) is 10.7 Å².